The van der Waals surface area contributed by atoms with E-state index in [0.717, 1.165) is 11.1 Å². The molecule has 0 aliphatic heterocycles. The van der Waals surface area contributed by atoms with Gasteiger partial charge in [0, 0.05) is 17.7 Å². The van der Waals surface area contributed by atoms with Crippen LogP contribution in [0.25, 0.3) is 12.2 Å². The lowest BCUT2D eigenvalue weighted by atomic mass is 9.94. The summed E-state index contributed by atoms with van der Waals surface area (Å²) in [6.07, 6.45) is 2.79. The Morgan fingerprint density at radius 3 is 1.74 bits per heavy atom. The highest BCUT2D eigenvalue weighted by Crippen LogP contribution is 2.39. The highest BCUT2D eigenvalue weighted by Gasteiger charge is 2.22. The minimum absolute atomic E-state index is 0.487. The Labute approximate surface area is 200 Å². The fourth-order valence-electron chi connectivity index (χ4n) is 3.64. The van der Waals surface area contributed by atoms with Crippen molar-refractivity contribution >= 4 is 12.2 Å². The van der Waals surface area contributed by atoms with Crippen LogP contribution in [0.15, 0.2) is 48.5 Å². The third-order valence-electron chi connectivity index (χ3n) is 5.43. The molecule has 1 N–H and O–H groups in total. The highest BCUT2D eigenvalue weighted by atomic mass is 16.5. The van der Waals surface area contributed by atoms with Gasteiger partial charge in [-0.25, -0.2) is 0 Å². The van der Waals surface area contributed by atoms with Crippen molar-refractivity contribution in [3.63, 3.8) is 0 Å². The second-order valence-corrected chi connectivity index (χ2v) is 7.33. The average Bonchev–Trinajstić information content (AvgIpc) is 2.90. The predicted octanol–water partition coefficient (Wildman–Crippen LogP) is 4.99. The minimum atomic E-state index is -1.02. The lowest BCUT2D eigenvalue weighted by Crippen LogP contribution is -2.06. The number of benzene rings is 3. The molecule has 0 saturated heterocycles. The Bertz CT molecular complexity index is 1130. The number of aliphatic hydroxyl groups is 1. The van der Waals surface area contributed by atoms with Gasteiger partial charge in [0.1, 0.15) is 29.1 Å². The van der Waals surface area contributed by atoms with Crippen molar-refractivity contribution in [1.82, 2.24) is 0 Å². The summed E-state index contributed by atoms with van der Waals surface area (Å²) in [7, 11) is 9.46. The zero-order valence-corrected chi connectivity index (χ0v) is 20.2. The Kier molecular flexibility index (Phi) is 8.27. The van der Waals surface area contributed by atoms with Crippen LogP contribution < -0.4 is 28.4 Å². The van der Waals surface area contributed by atoms with E-state index in [1.165, 1.54) is 0 Å². The fourth-order valence-corrected chi connectivity index (χ4v) is 3.64. The van der Waals surface area contributed by atoms with Crippen LogP contribution in [0.1, 0.15) is 28.4 Å². The maximum atomic E-state index is 11.4. The first-order valence-corrected chi connectivity index (χ1v) is 10.5. The van der Waals surface area contributed by atoms with Gasteiger partial charge in [0.05, 0.1) is 42.7 Å². The Hall–Kier alpha value is -3.84. The molecule has 0 amide bonds. The molecule has 0 aromatic heterocycles. The average molecular weight is 467 g/mol. The van der Waals surface area contributed by atoms with Crippen LogP contribution in [0, 0.1) is 0 Å². The van der Waals surface area contributed by atoms with E-state index in [0.29, 0.717) is 45.6 Å². The van der Waals surface area contributed by atoms with E-state index in [9.17, 15) is 5.11 Å². The van der Waals surface area contributed by atoms with Crippen LogP contribution >= 0.6 is 0 Å². The Morgan fingerprint density at radius 2 is 1.18 bits per heavy atom. The van der Waals surface area contributed by atoms with E-state index in [-0.39, 0.29) is 0 Å². The first kappa shape index (κ1) is 24.8. The normalized spacial score (nSPS) is 11.7. The van der Waals surface area contributed by atoms with Gasteiger partial charge in [-0.3, -0.25) is 0 Å². The maximum absolute atomic E-state index is 11.4. The summed E-state index contributed by atoms with van der Waals surface area (Å²) in [6, 6.07) is 14.5. The predicted molar refractivity (Wildman–Crippen MR) is 132 cm³/mol. The van der Waals surface area contributed by atoms with Crippen LogP contribution in [-0.2, 0) is 0 Å². The van der Waals surface area contributed by atoms with Gasteiger partial charge >= 0.3 is 0 Å². The molecule has 7 nitrogen and oxygen atoms in total. The number of methoxy groups -OCH3 is 6. The van der Waals surface area contributed by atoms with E-state index in [1.807, 2.05) is 36.4 Å². The first-order valence-electron chi connectivity index (χ1n) is 10.5. The van der Waals surface area contributed by atoms with Crippen molar-refractivity contribution in [2.45, 2.75) is 6.10 Å². The summed E-state index contributed by atoms with van der Waals surface area (Å²) in [5, 5.41) is 11.4. The maximum Gasteiger partial charge on any atom is 0.161 e. The SMILES string of the molecule is COc1cc(OC)cc(C(O)c2c(/C=C/c3ccc(OC)c(OC)c3)cc(OC)cc2OC)c1. The van der Waals surface area contributed by atoms with Gasteiger partial charge in [-0.2, -0.15) is 0 Å². The first-order chi connectivity index (χ1) is 16.5. The Morgan fingerprint density at radius 1 is 0.588 bits per heavy atom. The second kappa shape index (κ2) is 11.3. The molecule has 7 heteroatoms. The van der Waals surface area contributed by atoms with Crippen molar-refractivity contribution in [2.24, 2.45) is 0 Å². The van der Waals surface area contributed by atoms with Gasteiger partial charge in [0.2, 0.25) is 0 Å². The van der Waals surface area contributed by atoms with E-state index in [1.54, 1.807) is 66.9 Å². The zero-order valence-electron chi connectivity index (χ0n) is 20.2. The quantitative estimate of drug-likeness (QED) is 0.422. The molecule has 0 heterocycles. The molecule has 0 saturated carbocycles. The standard InChI is InChI=1S/C27H30O7/c1-29-20-13-19(14-21(15-20)30-2)27(28)26-18(12-22(31-3)16-25(26)34-6)9-7-17-8-10-23(32-4)24(11-17)33-5/h7-16,27-28H,1-6H3/b9-7+. The molecule has 0 aliphatic rings. The van der Waals surface area contributed by atoms with Gasteiger partial charge in [0.15, 0.2) is 11.5 Å². The minimum Gasteiger partial charge on any atom is -0.497 e. The van der Waals surface area contributed by atoms with Gasteiger partial charge in [0.25, 0.3) is 0 Å². The van der Waals surface area contributed by atoms with E-state index in [2.05, 4.69) is 0 Å². The molecule has 0 fully saturated rings. The summed E-state index contributed by atoms with van der Waals surface area (Å²) >= 11 is 0. The molecule has 0 aliphatic carbocycles. The van der Waals surface area contributed by atoms with Crippen molar-refractivity contribution in [2.75, 3.05) is 42.7 Å². The molecule has 0 radical (unpaired) electrons. The lowest BCUT2D eigenvalue weighted by Gasteiger charge is -2.20. The number of ether oxygens (including phenoxy) is 6. The fraction of sp³-hybridized carbons (Fsp3) is 0.259. The van der Waals surface area contributed by atoms with E-state index < -0.39 is 6.10 Å². The van der Waals surface area contributed by atoms with Crippen LogP contribution in [0.3, 0.4) is 0 Å². The van der Waals surface area contributed by atoms with Crippen molar-refractivity contribution in [1.29, 1.82) is 0 Å². The molecule has 34 heavy (non-hydrogen) atoms. The van der Waals surface area contributed by atoms with Crippen molar-refractivity contribution in [3.8, 4) is 34.5 Å². The second-order valence-electron chi connectivity index (χ2n) is 7.33. The molecular weight excluding hydrogens is 436 g/mol. The summed E-state index contributed by atoms with van der Waals surface area (Å²) in [5.41, 5.74) is 2.79. The zero-order chi connectivity index (χ0) is 24.7. The summed E-state index contributed by atoms with van der Waals surface area (Å²) < 4.78 is 32.6. The molecule has 1 unspecified atom stereocenters. The number of aliphatic hydroxyl groups excluding tert-OH is 1. The van der Waals surface area contributed by atoms with Crippen molar-refractivity contribution in [3.05, 3.63) is 70.8 Å². The molecule has 0 spiro atoms. The number of rotatable bonds is 10. The summed E-state index contributed by atoms with van der Waals surface area (Å²) in [6.45, 7) is 0. The van der Waals surface area contributed by atoms with Gasteiger partial charge in [-0.15, -0.1) is 0 Å². The lowest BCUT2D eigenvalue weighted by molar-refractivity contribution is 0.213. The largest absolute Gasteiger partial charge is 0.497 e. The van der Waals surface area contributed by atoms with Crippen LogP contribution in [0.5, 0.6) is 34.5 Å². The molecule has 180 valence electrons. The van der Waals surface area contributed by atoms with Crippen LogP contribution in [0.2, 0.25) is 0 Å². The monoisotopic (exact) mass is 466 g/mol. The smallest absolute Gasteiger partial charge is 0.161 e. The Balaban J connectivity index is 2.12. The number of hydrogen-bond donors (Lipinski definition) is 1. The molecule has 1 atom stereocenters. The summed E-state index contributed by atoms with van der Waals surface area (Å²) in [5.74, 6) is 3.50. The van der Waals surface area contributed by atoms with E-state index in [4.69, 9.17) is 28.4 Å². The highest BCUT2D eigenvalue weighted by molar-refractivity contribution is 5.75. The molecule has 3 aromatic carbocycles. The number of hydrogen-bond acceptors (Lipinski definition) is 7. The van der Waals surface area contributed by atoms with Crippen molar-refractivity contribution < 1.29 is 33.5 Å². The third-order valence-corrected chi connectivity index (χ3v) is 5.43. The van der Waals surface area contributed by atoms with Crippen LogP contribution in [-0.4, -0.2) is 47.8 Å². The molecule has 3 aromatic rings. The van der Waals surface area contributed by atoms with Gasteiger partial charge < -0.3 is 33.5 Å². The van der Waals surface area contributed by atoms with Crippen LogP contribution in [0.4, 0.5) is 0 Å². The van der Waals surface area contributed by atoms with Gasteiger partial charge in [-0.1, -0.05) is 18.2 Å². The topological polar surface area (TPSA) is 75.6 Å². The van der Waals surface area contributed by atoms with Gasteiger partial charge in [-0.05, 0) is 47.0 Å². The van der Waals surface area contributed by atoms with E-state index >= 15 is 0 Å². The third kappa shape index (κ3) is 5.38. The molecular formula is C27H30O7. The molecule has 0 bridgehead atoms. The summed E-state index contributed by atoms with van der Waals surface area (Å²) in [4.78, 5) is 0. The molecule has 3 rings (SSSR count).